The van der Waals surface area contributed by atoms with Crippen LogP contribution in [0.5, 0.6) is 0 Å². The number of pyridine rings is 1. The highest BCUT2D eigenvalue weighted by Crippen LogP contribution is 2.28. The molecule has 0 radical (unpaired) electrons. The van der Waals surface area contributed by atoms with E-state index >= 15 is 0 Å². The van der Waals surface area contributed by atoms with Gasteiger partial charge in [0, 0.05) is 29.4 Å². The maximum Gasteiger partial charge on any atom is 0.256 e. The van der Waals surface area contributed by atoms with Crippen LogP contribution in [0.15, 0.2) is 65.3 Å². The van der Waals surface area contributed by atoms with E-state index in [4.69, 9.17) is 4.98 Å². The lowest BCUT2D eigenvalue weighted by Gasteiger charge is -2.12. The molecule has 3 aromatic heterocycles. The van der Waals surface area contributed by atoms with E-state index in [-0.39, 0.29) is 5.91 Å². The number of aryl methyl sites for hydroxylation is 2. The largest absolute Gasteiger partial charge is 0.322 e. The Morgan fingerprint density at radius 3 is 2.54 bits per heavy atom. The van der Waals surface area contributed by atoms with Crippen molar-refractivity contribution in [2.24, 2.45) is 7.05 Å². The van der Waals surface area contributed by atoms with E-state index in [0.717, 1.165) is 55.0 Å². The smallest absolute Gasteiger partial charge is 0.256 e. The van der Waals surface area contributed by atoms with Gasteiger partial charge >= 0.3 is 0 Å². The van der Waals surface area contributed by atoms with Gasteiger partial charge in [0.25, 0.3) is 5.91 Å². The predicted octanol–water partition coefficient (Wildman–Crippen LogP) is 5.82. The lowest BCUT2D eigenvalue weighted by Crippen LogP contribution is -2.13. The molecule has 0 spiro atoms. The number of para-hydroxylation sites is 1. The molecule has 0 aliphatic rings. The van der Waals surface area contributed by atoms with E-state index < -0.39 is 0 Å². The molecule has 0 aliphatic heterocycles. The summed E-state index contributed by atoms with van der Waals surface area (Å²) in [7, 11) is 1.89. The molecule has 5 rings (SSSR count). The first-order valence-corrected chi connectivity index (χ1v) is 12.1. The van der Waals surface area contributed by atoms with Crippen LogP contribution in [-0.4, -0.2) is 30.5 Å². The second-order valence-electron chi connectivity index (χ2n) is 8.64. The quantitative estimate of drug-likeness (QED) is 0.311. The minimum Gasteiger partial charge on any atom is -0.322 e. The van der Waals surface area contributed by atoms with Crippen LogP contribution < -0.4 is 5.32 Å². The predicted molar refractivity (Wildman–Crippen MR) is 142 cm³/mol. The van der Waals surface area contributed by atoms with Crippen LogP contribution in [0, 0.1) is 20.8 Å². The van der Waals surface area contributed by atoms with Crippen molar-refractivity contribution in [3.05, 3.63) is 93.5 Å². The number of amides is 1. The summed E-state index contributed by atoms with van der Waals surface area (Å²) in [5.74, 6) is -0.183. The first-order valence-electron chi connectivity index (χ1n) is 11.3. The van der Waals surface area contributed by atoms with Crippen molar-refractivity contribution in [2.75, 3.05) is 5.32 Å². The molecule has 176 valence electrons. The molecule has 0 saturated heterocycles. The molecule has 3 heterocycles. The van der Waals surface area contributed by atoms with Gasteiger partial charge in [-0.1, -0.05) is 30.3 Å². The number of hydrogen-bond donors (Lipinski definition) is 1. The van der Waals surface area contributed by atoms with Crippen molar-refractivity contribution in [2.45, 2.75) is 27.3 Å². The third-order valence-corrected chi connectivity index (χ3v) is 7.43. The third-order valence-electron chi connectivity index (χ3n) is 6.28. The van der Waals surface area contributed by atoms with Crippen molar-refractivity contribution >= 4 is 38.4 Å². The van der Waals surface area contributed by atoms with E-state index in [1.54, 1.807) is 10.9 Å². The molecule has 0 saturated carbocycles. The lowest BCUT2D eigenvalue weighted by molar-refractivity contribution is 0.102. The van der Waals surface area contributed by atoms with Crippen molar-refractivity contribution < 1.29 is 4.79 Å². The number of anilines is 1. The molecule has 1 amide bonds. The van der Waals surface area contributed by atoms with E-state index in [2.05, 4.69) is 31.4 Å². The number of hydrogen-bond acceptors (Lipinski definition) is 4. The zero-order valence-electron chi connectivity index (χ0n) is 20.0. The molecule has 0 aliphatic carbocycles. The van der Waals surface area contributed by atoms with E-state index in [1.807, 2.05) is 87.1 Å². The second kappa shape index (κ2) is 9.11. The Morgan fingerprint density at radius 2 is 1.83 bits per heavy atom. The summed E-state index contributed by atoms with van der Waals surface area (Å²) >= 11 is 3.58. The van der Waals surface area contributed by atoms with Gasteiger partial charge in [-0.3, -0.25) is 14.2 Å². The number of carbonyl (C=O) groups excluding carboxylic acids is 1. The van der Waals surface area contributed by atoms with Crippen LogP contribution in [-0.2, 0) is 13.6 Å². The summed E-state index contributed by atoms with van der Waals surface area (Å²) in [6.45, 7) is 6.62. The number of carbonyl (C=O) groups is 1. The van der Waals surface area contributed by atoms with Gasteiger partial charge in [0.2, 0.25) is 0 Å². The highest BCUT2D eigenvalue weighted by molar-refractivity contribution is 9.10. The summed E-state index contributed by atoms with van der Waals surface area (Å²) in [5, 5.41) is 12.8. The average molecular weight is 529 g/mol. The Morgan fingerprint density at radius 1 is 1.03 bits per heavy atom. The SMILES string of the molecule is Cc1nn(Cc2cccc(NC(=O)c3cc(-c4cnn(C)c4C)nc4ccccc34)c2)c(C)c1Br. The number of benzene rings is 2. The summed E-state index contributed by atoms with van der Waals surface area (Å²) < 4.78 is 4.78. The zero-order valence-corrected chi connectivity index (χ0v) is 21.6. The molecule has 1 N–H and O–H groups in total. The minimum absolute atomic E-state index is 0.183. The minimum atomic E-state index is -0.183. The Bertz CT molecular complexity index is 1580. The first kappa shape index (κ1) is 23.0. The molecule has 2 aromatic carbocycles. The second-order valence-corrected chi connectivity index (χ2v) is 9.43. The molecule has 0 unspecified atom stereocenters. The van der Waals surface area contributed by atoms with Gasteiger partial charge in [-0.25, -0.2) is 4.98 Å². The monoisotopic (exact) mass is 528 g/mol. The number of aromatic nitrogens is 5. The maximum atomic E-state index is 13.5. The fourth-order valence-corrected chi connectivity index (χ4v) is 4.48. The number of halogens is 1. The van der Waals surface area contributed by atoms with Crippen molar-refractivity contribution in [1.29, 1.82) is 0 Å². The van der Waals surface area contributed by atoms with Crippen LogP contribution >= 0.6 is 15.9 Å². The Balaban J connectivity index is 1.47. The number of fused-ring (bicyclic) bond motifs is 1. The molecule has 35 heavy (non-hydrogen) atoms. The summed E-state index contributed by atoms with van der Waals surface area (Å²) in [4.78, 5) is 18.3. The lowest BCUT2D eigenvalue weighted by atomic mass is 10.0. The van der Waals surface area contributed by atoms with Crippen LogP contribution in [0.3, 0.4) is 0 Å². The molecule has 0 fully saturated rings. The standard InChI is InChI=1S/C27H25BrN6O/c1-16-26(28)18(3)34(32-16)15-19-8-7-9-20(12-19)30-27(35)22-13-25(23-14-29-33(4)17(23)2)31-24-11-6-5-10-21(22)24/h5-14H,15H2,1-4H3,(H,30,35). The van der Waals surface area contributed by atoms with Gasteiger partial charge in [0.15, 0.2) is 0 Å². The number of rotatable bonds is 5. The van der Waals surface area contributed by atoms with Crippen LogP contribution in [0.1, 0.15) is 33.0 Å². The first-order chi connectivity index (χ1) is 16.8. The fraction of sp³-hybridized carbons (Fsp3) is 0.185. The van der Waals surface area contributed by atoms with Crippen LogP contribution in [0.25, 0.3) is 22.2 Å². The van der Waals surface area contributed by atoms with Gasteiger partial charge in [0.05, 0.1) is 45.4 Å². The van der Waals surface area contributed by atoms with Gasteiger partial charge in [-0.2, -0.15) is 10.2 Å². The average Bonchev–Trinajstić information content (AvgIpc) is 3.31. The number of nitrogens with zero attached hydrogens (tertiary/aromatic N) is 5. The molecular formula is C27H25BrN6O. The van der Waals surface area contributed by atoms with Crippen LogP contribution in [0.4, 0.5) is 5.69 Å². The van der Waals surface area contributed by atoms with Crippen molar-refractivity contribution in [3.8, 4) is 11.3 Å². The van der Waals surface area contributed by atoms with Gasteiger partial charge in [-0.05, 0) is 66.5 Å². The zero-order chi connectivity index (χ0) is 24.7. The molecule has 0 atom stereocenters. The van der Waals surface area contributed by atoms with E-state index in [1.165, 1.54) is 0 Å². The van der Waals surface area contributed by atoms with Crippen molar-refractivity contribution in [1.82, 2.24) is 24.5 Å². The molecule has 5 aromatic rings. The Kier molecular flexibility index (Phi) is 5.98. The molecule has 7 nitrogen and oxygen atoms in total. The highest BCUT2D eigenvalue weighted by Gasteiger charge is 2.17. The Hall–Kier alpha value is -3.78. The number of nitrogens with one attached hydrogen (secondary N) is 1. The molecule has 8 heteroatoms. The van der Waals surface area contributed by atoms with E-state index in [0.29, 0.717) is 12.1 Å². The maximum absolute atomic E-state index is 13.5. The molecular weight excluding hydrogens is 504 g/mol. The summed E-state index contributed by atoms with van der Waals surface area (Å²) in [5.41, 5.74) is 7.76. The van der Waals surface area contributed by atoms with Crippen molar-refractivity contribution in [3.63, 3.8) is 0 Å². The van der Waals surface area contributed by atoms with Crippen LogP contribution in [0.2, 0.25) is 0 Å². The highest BCUT2D eigenvalue weighted by atomic mass is 79.9. The summed E-state index contributed by atoms with van der Waals surface area (Å²) in [6.07, 6.45) is 1.79. The normalized spacial score (nSPS) is 11.2. The van der Waals surface area contributed by atoms with Gasteiger partial charge < -0.3 is 5.32 Å². The fourth-order valence-electron chi connectivity index (χ4n) is 4.20. The topological polar surface area (TPSA) is 77.6 Å². The van der Waals surface area contributed by atoms with Gasteiger partial charge in [0.1, 0.15) is 0 Å². The third kappa shape index (κ3) is 4.37. The van der Waals surface area contributed by atoms with Gasteiger partial charge in [-0.15, -0.1) is 0 Å². The summed E-state index contributed by atoms with van der Waals surface area (Å²) in [6, 6.07) is 17.4. The molecule has 0 bridgehead atoms. The Labute approximate surface area is 211 Å². The van der Waals surface area contributed by atoms with E-state index in [9.17, 15) is 4.79 Å².